The van der Waals surface area contributed by atoms with Gasteiger partial charge in [0.05, 0.1) is 0 Å². The first-order valence-electron chi connectivity index (χ1n) is 6.34. The lowest BCUT2D eigenvalue weighted by Gasteiger charge is -2.29. The van der Waals surface area contributed by atoms with Crippen LogP contribution in [-0.4, -0.2) is 0 Å². The van der Waals surface area contributed by atoms with Crippen molar-refractivity contribution >= 4 is 0 Å². The standard InChI is InChI=1S/C14H24/c1-10(8-14-9-12(14)3)7-11(2)13-5-4-6-13/h10,12-14H,2,4-9H2,1,3H3. The van der Waals surface area contributed by atoms with Gasteiger partial charge in [0.15, 0.2) is 0 Å². The zero-order valence-electron chi connectivity index (χ0n) is 9.76. The molecule has 0 radical (unpaired) electrons. The molecule has 0 bridgehead atoms. The molecule has 0 aromatic heterocycles. The number of rotatable bonds is 5. The molecule has 0 aromatic carbocycles. The molecular formula is C14H24. The summed E-state index contributed by atoms with van der Waals surface area (Å²) in [5.41, 5.74) is 1.55. The van der Waals surface area contributed by atoms with Crippen molar-refractivity contribution in [3.8, 4) is 0 Å². The molecule has 0 N–H and O–H groups in total. The van der Waals surface area contributed by atoms with E-state index in [1.807, 2.05) is 0 Å². The summed E-state index contributed by atoms with van der Waals surface area (Å²) >= 11 is 0. The highest BCUT2D eigenvalue weighted by molar-refractivity contribution is 5.05. The Hall–Kier alpha value is -0.260. The van der Waals surface area contributed by atoms with Crippen molar-refractivity contribution in [2.75, 3.05) is 0 Å². The van der Waals surface area contributed by atoms with Gasteiger partial charge in [-0.25, -0.2) is 0 Å². The van der Waals surface area contributed by atoms with Gasteiger partial charge in [0.1, 0.15) is 0 Å². The maximum atomic E-state index is 4.26. The van der Waals surface area contributed by atoms with E-state index in [0.717, 1.165) is 23.7 Å². The molecule has 2 aliphatic rings. The van der Waals surface area contributed by atoms with E-state index in [1.54, 1.807) is 5.57 Å². The van der Waals surface area contributed by atoms with Crippen molar-refractivity contribution < 1.29 is 0 Å². The molecule has 14 heavy (non-hydrogen) atoms. The lowest BCUT2D eigenvalue weighted by molar-refractivity contribution is 0.342. The SMILES string of the molecule is C=C(CC(C)CC1CC1C)C1CCC1. The Morgan fingerprint density at radius 2 is 2.07 bits per heavy atom. The molecule has 0 saturated heterocycles. The van der Waals surface area contributed by atoms with E-state index in [4.69, 9.17) is 0 Å². The van der Waals surface area contributed by atoms with E-state index < -0.39 is 0 Å². The highest BCUT2D eigenvalue weighted by Gasteiger charge is 2.33. The summed E-state index contributed by atoms with van der Waals surface area (Å²) in [7, 11) is 0. The summed E-state index contributed by atoms with van der Waals surface area (Å²) in [6.45, 7) is 9.06. The third kappa shape index (κ3) is 2.40. The minimum absolute atomic E-state index is 0.887. The summed E-state index contributed by atoms with van der Waals surface area (Å²) in [5.74, 6) is 3.86. The molecular weight excluding hydrogens is 168 g/mol. The molecule has 2 fully saturated rings. The fourth-order valence-corrected chi connectivity index (χ4v) is 2.76. The molecule has 2 saturated carbocycles. The first-order valence-corrected chi connectivity index (χ1v) is 6.34. The van der Waals surface area contributed by atoms with E-state index in [1.165, 1.54) is 38.5 Å². The molecule has 80 valence electrons. The molecule has 2 rings (SSSR count). The van der Waals surface area contributed by atoms with Crippen LogP contribution in [0.5, 0.6) is 0 Å². The van der Waals surface area contributed by atoms with Crippen molar-refractivity contribution in [1.29, 1.82) is 0 Å². The van der Waals surface area contributed by atoms with Crippen molar-refractivity contribution in [3.63, 3.8) is 0 Å². The molecule has 0 spiro atoms. The topological polar surface area (TPSA) is 0 Å². The van der Waals surface area contributed by atoms with Gasteiger partial charge in [-0.15, -0.1) is 0 Å². The van der Waals surface area contributed by atoms with Crippen molar-refractivity contribution in [2.24, 2.45) is 23.7 Å². The number of allylic oxidation sites excluding steroid dienone is 1. The average Bonchev–Trinajstić information content (AvgIpc) is 2.60. The predicted molar refractivity (Wildman–Crippen MR) is 62.2 cm³/mol. The summed E-state index contributed by atoms with van der Waals surface area (Å²) in [6.07, 6.45) is 8.52. The van der Waals surface area contributed by atoms with Crippen LogP contribution in [0.2, 0.25) is 0 Å². The van der Waals surface area contributed by atoms with Gasteiger partial charge in [-0.2, -0.15) is 0 Å². The highest BCUT2D eigenvalue weighted by Crippen LogP contribution is 2.44. The molecule has 0 heterocycles. The maximum Gasteiger partial charge on any atom is -0.0206 e. The Labute approximate surface area is 88.8 Å². The Morgan fingerprint density at radius 1 is 1.43 bits per heavy atom. The molecule has 0 aliphatic heterocycles. The number of hydrogen-bond donors (Lipinski definition) is 0. The maximum absolute atomic E-state index is 4.26. The zero-order valence-corrected chi connectivity index (χ0v) is 9.76. The predicted octanol–water partition coefficient (Wildman–Crippen LogP) is 4.42. The Kier molecular flexibility index (Phi) is 2.99. The largest absolute Gasteiger partial charge is 0.0996 e. The third-order valence-corrected chi connectivity index (χ3v) is 4.27. The number of hydrogen-bond acceptors (Lipinski definition) is 0. The zero-order chi connectivity index (χ0) is 10.1. The highest BCUT2D eigenvalue weighted by atomic mass is 14.4. The fraction of sp³-hybridized carbons (Fsp3) is 0.857. The van der Waals surface area contributed by atoms with E-state index in [-0.39, 0.29) is 0 Å². The summed E-state index contributed by atoms with van der Waals surface area (Å²) in [6, 6.07) is 0. The smallest absolute Gasteiger partial charge is 0.0206 e. The Balaban J connectivity index is 1.65. The molecule has 0 heteroatoms. The fourth-order valence-electron chi connectivity index (χ4n) is 2.76. The molecule has 0 amide bonds. The van der Waals surface area contributed by atoms with Gasteiger partial charge in [-0.1, -0.05) is 32.4 Å². The first kappa shape index (κ1) is 10.3. The van der Waals surface area contributed by atoms with Gasteiger partial charge in [-0.05, 0) is 55.8 Å². The second-order valence-corrected chi connectivity index (χ2v) is 5.80. The van der Waals surface area contributed by atoms with Crippen LogP contribution < -0.4 is 0 Å². The van der Waals surface area contributed by atoms with Crippen LogP contribution in [-0.2, 0) is 0 Å². The van der Waals surface area contributed by atoms with Gasteiger partial charge >= 0.3 is 0 Å². The van der Waals surface area contributed by atoms with E-state index in [9.17, 15) is 0 Å². The van der Waals surface area contributed by atoms with Crippen LogP contribution in [0.15, 0.2) is 12.2 Å². The third-order valence-electron chi connectivity index (χ3n) is 4.27. The van der Waals surface area contributed by atoms with Gasteiger partial charge in [-0.3, -0.25) is 0 Å². The first-order chi connectivity index (χ1) is 6.66. The molecule has 2 aliphatic carbocycles. The molecule has 3 unspecified atom stereocenters. The lowest BCUT2D eigenvalue weighted by atomic mass is 9.77. The summed E-state index contributed by atoms with van der Waals surface area (Å²) in [4.78, 5) is 0. The van der Waals surface area contributed by atoms with E-state index in [2.05, 4.69) is 20.4 Å². The van der Waals surface area contributed by atoms with Gasteiger partial charge in [0.2, 0.25) is 0 Å². The van der Waals surface area contributed by atoms with Crippen LogP contribution >= 0.6 is 0 Å². The summed E-state index contributed by atoms with van der Waals surface area (Å²) < 4.78 is 0. The van der Waals surface area contributed by atoms with E-state index >= 15 is 0 Å². The Morgan fingerprint density at radius 3 is 2.50 bits per heavy atom. The molecule has 0 nitrogen and oxygen atoms in total. The Bertz CT molecular complexity index is 212. The van der Waals surface area contributed by atoms with Crippen molar-refractivity contribution in [2.45, 2.75) is 52.4 Å². The monoisotopic (exact) mass is 192 g/mol. The second kappa shape index (κ2) is 4.08. The average molecular weight is 192 g/mol. The van der Waals surface area contributed by atoms with Gasteiger partial charge < -0.3 is 0 Å². The minimum Gasteiger partial charge on any atom is -0.0996 e. The quantitative estimate of drug-likeness (QED) is 0.566. The van der Waals surface area contributed by atoms with Gasteiger partial charge in [0, 0.05) is 0 Å². The van der Waals surface area contributed by atoms with Crippen LogP contribution in [0, 0.1) is 23.7 Å². The summed E-state index contributed by atoms with van der Waals surface area (Å²) in [5, 5.41) is 0. The van der Waals surface area contributed by atoms with E-state index in [0.29, 0.717) is 0 Å². The van der Waals surface area contributed by atoms with Crippen molar-refractivity contribution in [3.05, 3.63) is 12.2 Å². The van der Waals surface area contributed by atoms with Crippen molar-refractivity contribution in [1.82, 2.24) is 0 Å². The van der Waals surface area contributed by atoms with Crippen LogP contribution in [0.25, 0.3) is 0 Å². The molecule has 0 aromatic rings. The van der Waals surface area contributed by atoms with Crippen LogP contribution in [0.1, 0.15) is 52.4 Å². The second-order valence-electron chi connectivity index (χ2n) is 5.80. The van der Waals surface area contributed by atoms with Gasteiger partial charge in [0.25, 0.3) is 0 Å². The lowest BCUT2D eigenvalue weighted by Crippen LogP contribution is -2.15. The van der Waals surface area contributed by atoms with Crippen LogP contribution in [0.4, 0.5) is 0 Å². The minimum atomic E-state index is 0.887. The normalized spacial score (nSPS) is 33.6. The molecule has 3 atom stereocenters. The van der Waals surface area contributed by atoms with Crippen LogP contribution in [0.3, 0.4) is 0 Å².